The smallest absolute Gasteiger partial charge is 0.226 e. The molecule has 0 atom stereocenters. The van der Waals surface area contributed by atoms with E-state index >= 15 is 0 Å². The molecule has 3 nitrogen and oxygen atoms in total. The van der Waals surface area contributed by atoms with E-state index in [9.17, 15) is 4.79 Å². The average molecular weight is 383 g/mol. The topological polar surface area (TPSA) is 42.0 Å². The fraction of sp³-hybridized carbons (Fsp3) is 0.238. The molecule has 0 radical (unpaired) electrons. The molecule has 0 fully saturated rings. The van der Waals surface area contributed by atoms with Gasteiger partial charge in [-0.1, -0.05) is 48.0 Å². The van der Waals surface area contributed by atoms with Gasteiger partial charge in [0, 0.05) is 22.4 Å². The molecular formula is C21H22N2OS2. The van der Waals surface area contributed by atoms with E-state index in [1.54, 1.807) is 11.3 Å². The summed E-state index contributed by atoms with van der Waals surface area (Å²) in [6, 6.07) is 18.6. The molecular weight excluding hydrogens is 360 g/mol. The van der Waals surface area contributed by atoms with E-state index in [1.807, 2.05) is 35.3 Å². The molecule has 1 amide bonds. The monoisotopic (exact) mass is 382 g/mol. The Kier molecular flexibility index (Phi) is 6.86. The first-order valence-corrected chi connectivity index (χ1v) is 10.5. The molecule has 0 spiro atoms. The number of amides is 1. The molecule has 134 valence electrons. The van der Waals surface area contributed by atoms with Gasteiger partial charge in [-0.25, -0.2) is 4.98 Å². The lowest BCUT2D eigenvalue weighted by Crippen LogP contribution is -2.26. The summed E-state index contributed by atoms with van der Waals surface area (Å²) >= 11 is 3.40. The van der Waals surface area contributed by atoms with Crippen LogP contribution in [-0.2, 0) is 11.2 Å². The van der Waals surface area contributed by atoms with Gasteiger partial charge < -0.3 is 5.32 Å². The largest absolute Gasteiger partial charge is 0.356 e. The number of carbonyl (C=O) groups excluding carboxylic acids is 1. The number of rotatable bonds is 8. The van der Waals surface area contributed by atoms with Gasteiger partial charge >= 0.3 is 0 Å². The number of aromatic nitrogens is 1. The molecule has 0 unspecified atom stereocenters. The lowest BCUT2D eigenvalue weighted by Gasteiger charge is -2.04. The van der Waals surface area contributed by atoms with Crippen molar-refractivity contribution in [2.45, 2.75) is 24.7 Å². The highest BCUT2D eigenvalue weighted by Crippen LogP contribution is 2.24. The summed E-state index contributed by atoms with van der Waals surface area (Å²) in [7, 11) is 0. The van der Waals surface area contributed by atoms with E-state index in [0.717, 1.165) is 28.4 Å². The lowest BCUT2D eigenvalue weighted by atomic mass is 10.2. The molecule has 1 N–H and O–H groups in total. The number of nitrogens with one attached hydrogen (secondary N) is 1. The van der Waals surface area contributed by atoms with Gasteiger partial charge in [-0.15, -0.1) is 23.1 Å². The number of thiazole rings is 1. The fourth-order valence-electron chi connectivity index (χ4n) is 2.45. The number of thioether (sulfide) groups is 1. The Labute approximate surface area is 162 Å². The van der Waals surface area contributed by atoms with E-state index in [1.165, 1.54) is 10.5 Å². The van der Waals surface area contributed by atoms with Gasteiger partial charge in [-0.05, 0) is 31.2 Å². The molecule has 2 aromatic carbocycles. The first-order valence-electron chi connectivity index (χ1n) is 8.67. The second-order valence-electron chi connectivity index (χ2n) is 6.05. The zero-order valence-electron chi connectivity index (χ0n) is 14.8. The number of benzene rings is 2. The lowest BCUT2D eigenvalue weighted by molar-refractivity contribution is -0.120. The Morgan fingerprint density at radius 1 is 1.12 bits per heavy atom. The average Bonchev–Trinajstić information content (AvgIpc) is 3.11. The number of hydrogen-bond donors (Lipinski definition) is 1. The van der Waals surface area contributed by atoms with Crippen LogP contribution in [0.5, 0.6) is 0 Å². The highest BCUT2D eigenvalue weighted by Gasteiger charge is 2.08. The summed E-state index contributed by atoms with van der Waals surface area (Å²) in [4.78, 5) is 17.9. The number of aryl methyl sites for hydroxylation is 1. The predicted molar refractivity (Wildman–Crippen MR) is 111 cm³/mol. The minimum Gasteiger partial charge on any atom is -0.356 e. The van der Waals surface area contributed by atoms with Gasteiger partial charge in [0.05, 0.1) is 12.1 Å². The SMILES string of the molecule is Cc1ccc(-c2nc(CC(=O)NCCCSc3ccccc3)cs2)cc1. The summed E-state index contributed by atoms with van der Waals surface area (Å²) in [5, 5.41) is 5.92. The van der Waals surface area contributed by atoms with Crippen LogP contribution in [0.15, 0.2) is 64.9 Å². The van der Waals surface area contributed by atoms with E-state index in [0.29, 0.717) is 13.0 Å². The van der Waals surface area contributed by atoms with Gasteiger partial charge in [-0.2, -0.15) is 0 Å². The number of carbonyl (C=O) groups is 1. The fourth-order valence-corrected chi connectivity index (χ4v) is 4.15. The summed E-state index contributed by atoms with van der Waals surface area (Å²) in [6.45, 7) is 2.77. The van der Waals surface area contributed by atoms with Crippen LogP contribution in [0.3, 0.4) is 0 Å². The van der Waals surface area contributed by atoms with Crippen LogP contribution >= 0.6 is 23.1 Å². The molecule has 3 rings (SSSR count). The maximum atomic E-state index is 12.1. The van der Waals surface area contributed by atoms with Crippen molar-refractivity contribution in [1.29, 1.82) is 0 Å². The first-order chi connectivity index (χ1) is 12.7. The third-order valence-electron chi connectivity index (χ3n) is 3.85. The maximum Gasteiger partial charge on any atom is 0.226 e. The van der Waals surface area contributed by atoms with E-state index in [4.69, 9.17) is 0 Å². The highest BCUT2D eigenvalue weighted by molar-refractivity contribution is 7.99. The Morgan fingerprint density at radius 3 is 2.65 bits per heavy atom. The van der Waals surface area contributed by atoms with Crippen molar-refractivity contribution in [2.24, 2.45) is 0 Å². The first kappa shape index (κ1) is 18.7. The molecule has 1 heterocycles. The maximum absolute atomic E-state index is 12.1. The van der Waals surface area contributed by atoms with Crippen molar-refractivity contribution in [3.05, 3.63) is 71.2 Å². The molecule has 1 aromatic heterocycles. The third-order valence-corrected chi connectivity index (χ3v) is 5.89. The van der Waals surface area contributed by atoms with Crippen LogP contribution in [-0.4, -0.2) is 23.2 Å². The third kappa shape index (κ3) is 5.71. The van der Waals surface area contributed by atoms with E-state index in [2.05, 4.69) is 53.6 Å². The second kappa shape index (κ2) is 9.55. The van der Waals surface area contributed by atoms with Crippen molar-refractivity contribution >= 4 is 29.0 Å². The van der Waals surface area contributed by atoms with Crippen molar-refractivity contribution < 1.29 is 4.79 Å². The highest BCUT2D eigenvalue weighted by atomic mass is 32.2. The van der Waals surface area contributed by atoms with Crippen molar-refractivity contribution in [3.8, 4) is 10.6 Å². The number of hydrogen-bond acceptors (Lipinski definition) is 4. The van der Waals surface area contributed by atoms with Gasteiger partial charge in [0.1, 0.15) is 5.01 Å². The van der Waals surface area contributed by atoms with Crippen molar-refractivity contribution in [3.63, 3.8) is 0 Å². The van der Waals surface area contributed by atoms with Crippen LogP contribution < -0.4 is 5.32 Å². The van der Waals surface area contributed by atoms with Crippen LogP contribution in [0.25, 0.3) is 10.6 Å². The summed E-state index contributed by atoms with van der Waals surface area (Å²) in [5.41, 5.74) is 3.17. The minimum atomic E-state index is 0.0375. The molecule has 0 bridgehead atoms. The quantitative estimate of drug-likeness (QED) is 0.442. The molecule has 0 saturated carbocycles. The molecule has 5 heteroatoms. The van der Waals surface area contributed by atoms with Gasteiger partial charge in [-0.3, -0.25) is 4.79 Å². The predicted octanol–water partition coefficient (Wildman–Crippen LogP) is 4.96. The Morgan fingerprint density at radius 2 is 1.88 bits per heavy atom. The molecule has 0 aliphatic heterocycles. The van der Waals surface area contributed by atoms with Crippen LogP contribution in [0.2, 0.25) is 0 Å². The molecule has 3 aromatic rings. The molecule has 0 aliphatic rings. The van der Waals surface area contributed by atoms with Crippen molar-refractivity contribution in [2.75, 3.05) is 12.3 Å². The Hall–Kier alpha value is -2.11. The minimum absolute atomic E-state index is 0.0375. The number of nitrogens with zero attached hydrogens (tertiary/aromatic N) is 1. The Bertz CT molecular complexity index is 829. The normalized spacial score (nSPS) is 10.7. The summed E-state index contributed by atoms with van der Waals surface area (Å²) < 4.78 is 0. The molecule has 0 saturated heterocycles. The summed E-state index contributed by atoms with van der Waals surface area (Å²) in [5.74, 6) is 1.04. The molecule has 26 heavy (non-hydrogen) atoms. The zero-order valence-corrected chi connectivity index (χ0v) is 16.4. The van der Waals surface area contributed by atoms with Crippen LogP contribution in [0, 0.1) is 6.92 Å². The van der Waals surface area contributed by atoms with Gasteiger partial charge in [0.25, 0.3) is 0 Å². The van der Waals surface area contributed by atoms with Gasteiger partial charge in [0.15, 0.2) is 0 Å². The Balaban J connectivity index is 1.39. The van der Waals surface area contributed by atoms with Crippen molar-refractivity contribution in [1.82, 2.24) is 10.3 Å². The standard InChI is InChI=1S/C21H22N2OS2/c1-16-8-10-17(11-9-16)21-23-18(15-26-21)14-20(24)22-12-5-13-25-19-6-3-2-4-7-19/h2-4,6-11,15H,5,12-14H2,1H3,(H,22,24). The van der Waals surface area contributed by atoms with Gasteiger partial charge in [0.2, 0.25) is 5.91 Å². The van der Waals surface area contributed by atoms with E-state index < -0.39 is 0 Å². The van der Waals surface area contributed by atoms with Crippen LogP contribution in [0.1, 0.15) is 17.7 Å². The molecule has 0 aliphatic carbocycles. The summed E-state index contributed by atoms with van der Waals surface area (Å²) in [6.07, 6.45) is 1.30. The second-order valence-corrected chi connectivity index (χ2v) is 8.08. The zero-order chi connectivity index (χ0) is 18.2. The van der Waals surface area contributed by atoms with E-state index in [-0.39, 0.29) is 5.91 Å². The van der Waals surface area contributed by atoms with Crippen LogP contribution in [0.4, 0.5) is 0 Å².